The lowest BCUT2D eigenvalue weighted by Gasteiger charge is -2.16. The van der Waals surface area contributed by atoms with E-state index in [1.807, 2.05) is 6.20 Å². The molecule has 0 amide bonds. The monoisotopic (exact) mass is 222 g/mol. The molecule has 80 valence electrons. The van der Waals surface area contributed by atoms with E-state index in [-0.39, 0.29) is 5.41 Å². The summed E-state index contributed by atoms with van der Waals surface area (Å²) >= 11 is 6.12. The van der Waals surface area contributed by atoms with Crippen LogP contribution in [0.3, 0.4) is 0 Å². The van der Waals surface area contributed by atoms with Gasteiger partial charge in [-0.2, -0.15) is 0 Å². The van der Waals surface area contributed by atoms with Gasteiger partial charge in [-0.25, -0.2) is 4.98 Å². The molecule has 0 unspecified atom stereocenters. The lowest BCUT2D eigenvalue weighted by molar-refractivity contribution is 0.543. The van der Waals surface area contributed by atoms with Gasteiger partial charge < -0.3 is 4.40 Å². The minimum absolute atomic E-state index is 0.00527. The zero-order valence-corrected chi connectivity index (χ0v) is 10.3. The maximum absolute atomic E-state index is 6.12. The van der Waals surface area contributed by atoms with Crippen LogP contribution in [-0.2, 0) is 5.41 Å². The summed E-state index contributed by atoms with van der Waals surface area (Å²) in [5, 5.41) is 0.587. The molecular formula is C12H15ClN2. The number of nitrogens with zero attached hydrogens (tertiary/aromatic N) is 2. The average Bonchev–Trinajstić information content (AvgIpc) is 2.43. The smallest absolute Gasteiger partial charge is 0.155 e. The highest BCUT2D eigenvalue weighted by Gasteiger charge is 2.21. The molecule has 0 atom stereocenters. The number of hydrogen-bond donors (Lipinski definition) is 0. The zero-order chi connectivity index (χ0) is 11.2. The summed E-state index contributed by atoms with van der Waals surface area (Å²) in [5.74, 6) is 1.00. The van der Waals surface area contributed by atoms with Crippen molar-refractivity contribution < 1.29 is 0 Å². The second-order valence-electron chi connectivity index (χ2n) is 4.94. The van der Waals surface area contributed by atoms with E-state index < -0.39 is 0 Å². The van der Waals surface area contributed by atoms with Gasteiger partial charge in [-0.05, 0) is 24.6 Å². The normalized spacial score (nSPS) is 12.3. The molecule has 2 aromatic heterocycles. The summed E-state index contributed by atoms with van der Waals surface area (Å²) in [5.41, 5.74) is 2.19. The molecule has 0 aliphatic carbocycles. The molecular weight excluding hydrogens is 208 g/mol. The van der Waals surface area contributed by atoms with Crippen LogP contribution in [0.4, 0.5) is 0 Å². The van der Waals surface area contributed by atoms with Gasteiger partial charge in [-0.1, -0.05) is 32.4 Å². The number of fused-ring (bicyclic) bond motifs is 1. The van der Waals surface area contributed by atoms with E-state index in [0.717, 1.165) is 11.3 Å². The minimum atomic E-state index is 0.00527. The number of hydrogen-bond acceptors (Lipinski definition) is 1. The maximum Gasteiger partial charge on any atom is 0.155 e. The maximum atomic E-state index is 6.12. The Hall–Kier alpha value is -1.02. The Balaban J connectivity index is 2.79. The van der Waals surface area contributed by atoms with Crippen molar-refractivity contribution in [3.8, 4) is 0 Å². The van der Waals surface area contributed by atoms with E-state index in [0.29, 0.717) is 5.15 Å². The Morgan fingerprint density at radius 1 is 1.33 bits per heavy atom. The van der Waals surface area contributed by atoms with Crippen LogP contribution in [0.15, 0.2) is 18.3 Å². The van der Waals surface area contributed by atoms with Crippen LogP contribution in [0.1, 0.15) is 32.2 Å². The third-order valence-electron chi connectivity index (χ3n) is 2.42. The van der Waals surface area contributed by atoms with E-state index in [2.05, 4.69) is 49.2 Å². The molecule has 2 aromatic rings. The second-order valence-corrected chi connectivity index (χ2v) is 5.29. The van der Waals surface area contributed by atoms with Gasteiger partial charge in [-0.15, -0.1) is 0 Å². The molecule has 3 heteroatoms. The first kappa shape index (κ1) is 10.5. The van der Waals surface area contributed by atoms with Crippen molar-refractivity contribution in [2.24, 2.45) is 0 Å². The predicted octanol–water partition coefficient (Wildman–Crippen LogP) is 3.59. The Bertz CT molecular complexity index is 506. The van der Waals surface area contributed by atoms with E-state index in [1.54, 1.807) is 0 Å². The van der Waals surface area contributed by atoms with Crippen molar-refractivity contribution in [2.45, 2.75) is 33.1 Å². The lowest BCUT2D eigenvalue weighted by Crippen LogP contribution is -2.15. The third kappa shape index (κ3) is 1.74. The van der Waals surface area contributed by atoms with Crippen molar-refractivity contribution in [1.82, 2.24) is 9.38 Å². The summed E-state index contributed by atoms with van der Waals surface area (Å²) in [6.07, 6.45) is 2.03. The summed E-state index contributed by atoms with van der Waals surface area (Å²) in [6.45, 7) is 8.47. The Kier molecular flexibility index (Phi) is 2.27. The Morgan fingerprint density at radius 2 is 2.00 bits per heavy atom. The van der Waals surface area contributed by atoms with Gasteiger partial charge in [0.2, 0.25) is 0 Å². The summed E-state index contributed by atoms with van der Waals surface area (Å²) in [6, 6.07) is 4.13. The Labute approximate surface area is 94.9 Å². The molecule has 0 fully saturated rings. The number of imidazole rings is 1. The molecule has 0 aliphatic heterocycles. The van der Waals surface area contributed by atoms with Crippen LogP contribution in [0.25, 0.3) is 5.52 Å². The van der Waals surface area contributed by atoms with Crippen LogP contribution in [0.2, 0.25) is 5.15 Å². The van der Waals surface area contributed by atoms with E-state index in [4.69, 9.17) is 11.6 Å². The van der Waals surface area contributed by atoms with Crippen LogP contribution in [-0.4, -0.2) is 9.38 Å². The molecule has 0 bridgehead atoms. The third-order valence-corrected chi connectivity index (χ3v) is 2.70. The van der Waals surface area contributed by atoms with Gasteiger partial charge in [0.25, 0.3) is 0 Å². The first-order chi connectivity index (χ1) is 6.89. The SMILES string of the molecule is Cc1ccn2c(C(C)(C)C)nc(Cl)c2c1. The van der Waals surface area contributed by atoms with Gasteiger partial charge in [0.1, 0.15) is 5.82 Å². The molecule has 15 heavy (non-hydrogen) atoms. The number of rotatable bonds is 0. The molecule has 0 spiro atoms. The number of aromatic nitrogens is 2. The highest BCUT2D eigenvalue weighted by atomic mass is 35.5. The number of halogens is 1. The largest absolute Gasteiger partial charge is 0.302 e. The molecule has 2 nitrogen and oxygen atoms in total. The quantitative estimate of drug-likeness (QED) is 0.666. The minimum Gasteiger partial charge on any atom is -0.302 e. The van der Waals surface area contributed by atoms with E-state index in [9.17, 15) is 0 Å². The fourth-order valence-electron chi connectivity index (χ4n) is 1.68. The standard InChI is InChI=1S/C12H15ClN2/c1-8-5-6-15-9(7-8)10(13)14-11(15)12(2,3)4/h5-7H,1-4H3. The summed E-state index contributed by atoms with van der Waals surface area (Å²) in [7, 11) is 0. The van der Waals surface area contributed by atoms with E-state index >= 15 is 0 Å². The average molecular weight is 223 g/mol. The number of pyridine rings is 1. The molecule has 2 rings (SSSR count). The number of aryl methyl sites for hydroxylation is 1. The molecule has 0 saturated carbocycles. The van der Waals surface area contributed by atoms with Crippen molar-refractivity contribution >= 4 is 17.1 Å². The van der Waals surface area contributed by atoms with Crippen LogP contribution in [0.5, 0.6) is 0 Å². The molecule has 0 saturated heterocycles. The summed E-state index contributed by atoms with van der Waals surface area (Å²) < 4.78 is 2.06. The molecule has 0 aliphatic rings. The van der Waals surface area contributed by atoms with Crippen LogP contribution >= 0.6 is 11.6 Å². The molecule has 0 radical (unpaired) electrons. The highest BCUT2D eigenvalue weighted by molar-refractivity contribution is 6.32. The first-order valence-corrected chi connectivity index (χ1v) is 5.42. The molecule has 2 heterocycles. The molecule has 0 aromatic carbocycles. The lowest BCUT2D eigenvalue weighted by atomic mass is 9.96. The van der Waals surface area contributed by atoms with Crippen molar-refractivity contribution in [2.75, 3.05) is 0 Å². The van der Waals surface area contributed by atoms with Gasteiger partial charge in [0.15, 0.2) is 5.15 Å². The van der Waals surface area contributed by atoms with Gasteiger partial charge in [0, 0.05) is 11.6 Å². The Morgan fingerprint density at radius 3 is 2.60 bits per heavy atom. The van der Waals surface area contributed by atoms with Crippen LogP contribution < -0.4 is 0 Å². The summed E-state index contributed by atoms with van der Waals surface area (Å²) in [4.78, 5) is 4.43. The topological polar surface area (TPSA) is 17.3 Å². The highest BCUT2D eigenvalue weighted by Crippen LogP contribution is 2.27. The first-order valence-electron chi connectivity index (χ1n) is 5.04. The van der Waals surface area contributed by atoms with Crippen molar-refractivity contribution in [1.29, 1.82) is 0 Å². The van der Waals surface area contributed by atoms with Gasteiger partial charge >= 0.3 is 0 Å². The fourth-order valence-corrected chi connectivity index (χ4v) is 1.91. The van der Waals surface area contributed by atoms with Crippen molar-refractivity contribution in [3.05, 3.63) is 34.9 Å². The van der Waals surface area contributed by atoms with E-state index in [1.165, 1.54) is 5.56 Å². The zero-order valence-electron chi connectivity index (χ0n) is 9.50. The predicted molar refractivity (Wildman–Crippen MR) is 63.6 cm³/mol. The van der Waals surface area contributed by atoms with Crippen LogP contribution in [0, 0.1) is 6.92 Å². The van der Waals surface area contributed by atoms with Gasteiger partial charge in [0.05, 0.1) is 5.52 Å². The van der Waals surface area contributed by atoms with Crippen molar-refractivity contribution in [3.63, 3.8) is 0 Å². The fraction of sp³-hybridized carbons (Fsp3) is 0.417. The second kappa shape index (κ2) is 3.24. The van der Waals surface area contributed by atoms with Gasteiger partial charge in [-0.3, -0.25) is 0 Å². The molecule has 0 N–H and O–H groups in total.